The van der Waals surface area contributed by atoms with Crippen LogP contribution >= 0.6 is 0 Å². The summed E-state index contributed by atoms with van der Waals surface area (Å²) in [6.45, 7) is 13.1. The second kappa shape index (κ2) is 9.58. The maximum Gasteiger partial charge on any atom is 0.407 e. The van der Waals surface area contributed by atoms with E-state index in [0.29, 0.717) is 19.3 Å². The maximum atomic E-state index is 12.4. The molecular weight excluding hydrogens is 326 g/mol. The Morgan fingerprint density at radius 3 is 2.38 bits per heavy atom. The Morgan fingerprint density at radius 2 is 1.88 bits per heavy atom. The van der Waals surface area contributed by atoms with Crippen LogP contribution in [0.1, 0.15) is 53.0 Å². The first-order valence-corrected chi connectivity index (χ1v) is 9.08. The molecule has 0 aliphatic rings. The number of ether oxygens (including phenoxy) is 1. The summed E-state index contributed by atoms with van der Waals surface area (Å²) in [5.74, 6) is 0. The highest BCUT2D eigenvalue weighted by atomic mass is 16.6. The monoisotopic (exact) mass is 359 g/mol. The SMILES string of the molecule is C=CCC[C@@](O)(C=C(C)C)[C@H](Cc1ccccc1)NC(=O)OC(C)(C)C. The number of allylic oxidation sites excluding steroid dienone is 2. The van der Waals surface area contributed by atoms with Crippen LogP contribution in [0.5, 0.6) is 0 Å². The second-order valence-corrected chi connectivity index (χ2v) is 7.93. The summed E-state index contributed by atoms with van der Waals surface area (Å²) in [6, 6.07) is 9.29. The maximum absolute atomic E-state index is 12.4. The highest BCUT2D eigenvalue weighted by Crippen LogP contribution is 2.25. The molecule has 2 N–H and O–H groups in total. The Balaban J connectivity index is 3.15. The van der Waals surface area contributed by atoms with E-state index >= 15 is 0 Å². The second-order valence-electron chi connectivity index (χ2n) is 7.93. The highest BCUT2D eigenvalue weighted by Gasteiger charge is 2.36. The molecule has 0 spiro atoms. The first-order chi connectivity index (χ1) is 12.1. The van der Waals surface area contributed by atoms with E-state index in [2.05, 4.69) is 11.9 Å². The average Bonchev–Trinajstić information content (AvgIpc) is 2.51. The summed E-state index contributed by atoms with van der Waals surface area (Å²) in [7, 11) is 0. The molecule has 0 saturated carbocycles. The van der Waals surface area contributed by atoms with Crippen molar-refractivity contribution in [2.24, 2.45) is 0 Å². The minimum atomic E-state index is -1.19. The van der Waals surface area contributed by atoms with Crippen molar-refractivity contribution in [1.29, 1.82) is 0 Å². The summed E-state index contributed by atoms with van der Waals surface area (Å²) in [5.41, 5.74) is 0.227. The van der Waals surface area contributed by atoms with Crippen molar-refractivity contribution < 1.29 is 14.6 Å². The van der Waals surface area contributed by atoms with E-state index in [1.54, 1.807) is 6.08 Å². The molecule has 0 saturated heterocycles. The van der Waals surface area contributed by atoms with Crippen LogP contribution in [0.2, 0.25) is 0 Å². The third kappa shape index (κ3) is 7.87. The molecule has 0 heterocycles. The van der Waals surface area contributed by atoms with E-state index < -0.39 is 23.3 Å². The van der Waals surface area contributed by atoms with E-state index in [0.717, 1.165) is 11.1 Å². The zero-order chi connectivity index (χ0) is 19.8. The Kier molecular flexibility index (Phi) is 8.09. The molecule has 1 aromatic carbocycles. The van der Waals surface area contributed by atoms with Gasteiger partial charge >= 0.3 is 6.09 Å². The molecule has 0 unspecified atom stereocenters. The van der Waals surface area contributed by atoms with Crippen LogP contribution in [-0.2, 0) is 11.2 Å². The van der Waals surface area contributed by atoms with Crippen LogP contribution < -0.4 is 5.32 Å². The summed E-state index contributed by atoms with van der Waals surface area (Å²) in [5, 5.41) is 14.3. The molecule has 0 radical (unpaired) electrons. The molecule has 0 bridgehead atoms. The van der Waals surface area contributed by atoms with Crippen molar-refractivity contribution in [1.82, 2.24) is 5.32 Å². The predicted molar refractivity (Wildman–Crippen MR) is 107 cm³/mol. The van der Waals surface area contributed by atoms with Gasteiger partial charge in [0.2, 0.25) is 0 Å². The number of rotatable bonds is 8. The van der Waals surface area contributed by atoms with Crippen LogP contribution in [-0.4, -0.2) is 28.4 Å². The van der Waals surface area contributed by atoms with Crippen LogP contribution in [0.25, 0.3) is 0 Å². The van der Waals surface area contributed by atoms with Gasteiger partial charge in [0, 0.05) is 0 Å². The molecular formula is C22H33NO3. The van der Waals surface area contributed by atoms with E-state index in [9.17, 15) is 9.90 Å². The van der Waals surface area contributed by atoms with Gasteiger partial charge in [-0.15, -0.1) is 6.58 Å². The van der Waals surface area contributed by atoms with E-state index in [1.807, 2.05) is 71.0 Å². The third-order valence-electron chi connectivity index (χ3n) is 3.86. The van der Waals surface area contributed by atoms with E-state index in [4.69, 9.17) is 4.74 Å². The summed E-state index contributed by atoms with van der Waals surface area (Å²) < 4.78 is 5.41. The predicted octanol–water partition coefficient (Wildman–Crippen LogP) is 4.79. The zero-order valence-corrected chi connectivity index (χ0v) is 16.7. The lowest BCUT2D eigenvalue weighted by atomic mass is 9.84. The van der Waals surface area contributed by atoms with Crippen molar-refractivity contribution >= 4 is 6.09 Å². The lowest BCUT2D eigenvalue weighted by molar-refractivity contribution is 0.0186. The van der Waals surface area contributed by atoms with Gasteiger partial charge < -0.3 is 15.2 Å². The molecule has 144 valence electrons. The molecule has 0 fully saturated rings. The number of carbonyl (C=O) groups excluding carboxylic acids is 1. The minimum Gasteiger partial charge on any atom is -0.444 e. The standard InChI is InChI=1S/C22H33NO3/c1-7-8-14-22(25,16-17(2)3)19(15-18-12-10-9-11-13-18)23-20(24)26-21(4,5)6/h7,9-13,16,19,25H,1,8,14-15H2,2-6H3,(H,23,24)/t19-,22+/m0/s1. The van der Waals surface area contributed by atoms with Crippen molar-refractivity contribution in [2.45, 2.75) is 71.1 Å². The Bertz CT molecular complexity index is 612. The van der Waals surface area contributed by atoms with Crippen LogP contribution in [0.4, 0.5) is 4.79 Å². The van der Waals surface area contributed by atoms with Crippen LogP contribution in [0.3, 0.4) is 0 Å². The number of alkyl carbamates (subject to hydrolysis) is 1. The quantitative estimate of drug-likeness (QED) is 0.656. The summed E-state index contributed by atoms with van der Waals surface area (Å²) in [4.78, 5) is 12.4. The number of hydrogen-bond acceptors (Lipinski definition) is 3. The largest absolute Gasteiger partial charge is 0.444 e. The highest BCUT2D eigenvalue weighted by molar-refractivity contribution is 5.68. The normalized spacial score (nSPS) is 14.7. The number of aliphatic hydroxyl groups is 1. The van der Waals surface area contributed by atoms with Crippen molar-refractivity contribution in [3.8, 4) is 0 Å². The molecule has 0 aromatic heterocycles. The molecule has 1 amide bonds. The molecule has 4 nitrogen and oxygen atoms in total. The number of carbonyl (C=O) groups is 1. The third-order valence-corrected chi connectivity index (χ3v) is 3.86. The van der Waals surface area contributed by atoms with Gasteiger partial charge in [-0.2, -0.15) is 0 Å². The molecule has 4 heteroatoms. The fourth-order valence-electron chi connectivity index (χ4n) is 2.83. The number of hydrogen-bond donors (Lipinski definition) is 2. The van der Waals surface area contributed by atoms with Gasteiger partial charge in [0.1, 0.15) is 11.2 Å². The fraction of sp³-hybridized carbons (Fsp3) is 0.500. The van der Waals surface area contributed by atoms with E-state index in [-0.39, 0.29) is 0 Å². The first-order valence-electron chi connectivity index (χ1n) is 9.08. The van der Waals surface area contributed by atoms with Crippen molar-refractivity contribution in [3.63, 3.8) is 0 Å². The molecule has 0 aliphatic carbocycles. The minimum absolute atomic E-state index is 0.467. The molecule has 26 heavy (non-hydrogen) atoms. The number of amides is 1. The molecule has 0 aliphatic heterocycles. The number of benzene rings is 1. The van der Waals surface area contributed by atoms with Crippen molar-refractivity contribution in [2.75, 3.05) is 0 Å². The van der Waals surface area contributed by atoms with E-state index in [1.165, 1.54) is 0 Å². The van der Waals surface area contributed by atoms with Gasteiger partial charge in [0.05, 0.1) is 6.04 Å². The smallest absolute Gasteiger partial charge is 0.407 e. The van der Waals surface area contributed by atoms with Gasteiger partial charge in [-0.25, -0.2) is 4.79 Å². The van der Waals surface area contributed by atoms with Crippen molar-refractivity contribution in [3.05, 3.63) is 60.2 Å². The molecule has 1 rings (SSSR count). The van der Waals surface area contributed by atoms with Crippen LogP contribution in [0, 0.1) is 0 Å². The lowest BCUT2D eigenvalue weighted by Crippen LogP contribution is -2.54. The molecule has 1 aromatic rings. The number of nitrogens with one attached hydrogen (secondary N) is 1. The topological polar surface area (TPSA) is 58.6 Å². The Morgan fingerprint density at radius 1 is 1.27 bits per heavy atom. The van der Waals surface area contributed by atoms with Gasteiger partial charge in [0.15, 0.2) is 0 Å². The average molecular weight is 360 g/mol. The fourth-order valence-corrected chi connectivity index (χ4v) is 2.83. The molecule has 2 atom stereocenters. The summed E-state index contributed by atoms with van der Waals surface area (Å²) >= 11 is 0. The van der Waals surface area contributed by atoms with Gasteiger partial charge in [-0.1, -0.05) is 48.1 Å². The summed E-state index contributed by atoms with van der Waals surface area (Å²) in [6.07, 6.45) is 4.67. The first kappa shape index (κ1) is 22.0. The Hall–Kier alpha value is -2.07. The van der Waals surface area contributed by atoms with Gasteiger partial charge in [0.25, 0.3) is 0 Å². The lowest BCUT2D eigenvalue weighted by Gasteiger charge is -2.35. The van der Waals surface area contributed by atoms with Crippen LogP contribution in [0.15, 0.2) is 54.6 Å². The zero-order valence-electron chi connectivity index (χ0n) is 16.7. The Labute approximate surface area is 158 Å². The van der Waals surface area contributed by atoms with Gasteiger partial charge in [-0.3, -0.25) is 0 Å². The van der Waals surface area contributed by atoms with Gasteiger partial charge in [-0.05, 0) is 59.4 Å².